The lowest BCUT2D eigenvalue weighted by molar-refractivity contribution is -0.113. The molecule has 0 aliphatic carbocycles. The second-order valence-corrected chi connectivity index (χ2v) is 5.42. The third kappa shape index (κ3) is 2.65. The third-order valence-corrected chi connectivity index (χ3v) is 3.77. The molecule has 0 saturated heterocycles. The van der Waals surface area contributed by atoms with E-state index in [-0.39, 0.29) is 5.91 Å². The number of rotatable bonds is 2. The number of thioether (sulfide) groups is 1. The van der Waals surface area contributed by atoms with Crippen molar-refractivity contribution in [2.45, 2.75) is 0 Å². The van der Waals surface area contributed by atoms with E-state index in [2.05, 4.69) is 17.1 Å². The maximum absolute atomic E-state index is 11.5. The number of nitrogens with zero attached hydrogens (tertiary/aromatic N) is 1. The molecule has 2 aromatic carbocycles. The molecule has 2 aromatic rings. The van der Waals surface area contributed by atoms with Gasteiger partial charge in [-0.2, -0.15) is 4.99 Å². The highest BCUT2D eigenvalue weighted by molar-refractivity contribution is 8.18. The van der Waals surface area contributed by atoms with Gasteiger partial charge in [0, 0.05) is 0 Å². The van der Waals surface area contributed by atoms with Gasteiger partial charge in [0.25, 0.3) is 5.91 Å². The first-order chi connectivity index (χ1) is 9.72. The highest BCUT2D eigenvalue weighted by Gasteiger charge is 2.19. The van der Waals surface area contributed by atoms with E-state index in [1.54, 1.807) is 0 Å². The molecule has 1 amide bonds. The number of benzene rings is 2. The van der Waals surface area contributed by atoms with Gasteiger partial charge < -0.3 is 5.73 Å². The van der Waals surface area contributed by atoms with Gasteiger partial charge in [0.05, 0.1) is 4.91 Å². The van der Waals surface area contributed by atoms with E-state index in [4.69, 9.17) is 5.73 Å². The summed E-state index contributed by atoms with van der Waals surface area (Å²) in [7, 11) is 0. The van der Waals surface area contributed by atoms with E-state index in [0.29, 0.717) is 10.1 Å². The van der Waals surface area contributed by atoms with Crippen molar-refractivity contribution >= 4 is 28.9 Å². The molecule has 1 heterocycles. The van der Waals surface area contributed by atoms with Crippen LogP contribution in [0, 0.1) is 0 Å². The highest BCUT2D eigenvalue weighted by atomic mass is 32.2. The average Bonchev–Trinajstić information content (AvgIpc) is 2.79. The maximum atomic E-state index is 11.5. The minimum Gasteiger partial charge on any atom is -0.378 e. The van der Waals surface area contributed by atoms with Gasteiger partial charge in [0.15, 0.2) is 5.17 Å². The standard InChI is InChI=1S/C16H12N2OS/c17-16-18-15(19)14(20-16)10-11-6-8-13(9-7-11)12-4-2-1-3-5-12/h1-10H,(H2,17,18,19). The van der Waals surface area contributed by atoms with Gasteiger partial charge in [0.1, 0.15) is 0 Å². The minimum absolute atomic E-state index is 0.264. The first-order valence-electron chi connectivity index (χ1n) is 6.16. The lowest BCUT2D eigenvalue weighted by Gasteiger charge is -2.02. The first-order valence-corrected chi connectivity index (χ1v) is 6.97. The number of carbonyl (C=O) groups is 1. The Morgan fingerprint density at radius 3 is 2.20 bits per heavy atom. The summed E-state index contributed by atoms with van der Waals surface area (Å²) >= 11 is 1.21. The Labute approximate surface area is 121 Å². The van der Waals surface area contributed by atoms with E-state index < -0.39 is 0 Å². The van der Waals surface area contributed by atoms with E-state index in [1.165, 1.54) is 17.3 Å². The molecule has 0 spiro atoms. The Morgan fingerprint density at radius 2 is 1.60 bits per heavy atom. The number of hydrogen-bond donors (Lipinski definition) is 1. The fourth-order valence-corrected chi connectivity index (χ4v) is 2.66. The number of aliphatic imine (C=N–C) groups is 1. The number of nitrogens with two attached hydrogens (primary N) is 1. The van der Waals surface area contributed by atoms with Gasteiger partial charge in [-0.15, -0.1) is 0 Å². The predicted molar refractivity (Wildman–Crippen MR) is 84.1 cm³/mol. The molecule has 4 heteroatoms. The molecule has 2 N–H and O–H groups in total. The topological polar surface area (TPSA) is 55.4 Å². The van der Waals surface area contributed by atoms with Gasteiger partial charge in [-0.05, 0) is 34.5 Å². The van der Waals surface area contributed by atoms with Crippen LogP contribution in [0.3, 0.4) is 0 Å². The van der Waals surface area contributed by atoms with Crippen molar-refractivity contribution in [3.8, 4) is 11.1 Å². The first kappa shape index (κ1) is 12.7. The van der Waals surface area contributed by atoms with Gasteiger partial charge >= 0.3 is 0 Å². The molecule has 0 unspecified atom stereocenters. The lowest BCUT2D eigenvalue weighted by atomic mass is 10.0. The van der Waals surface area contributed by atoms with Crippen LogP contribution in [-0.2, 0) is 4.79 Å². The van der Waals surface area contributed by atoms with Crippen molar-refractivity contribution in [1.29, 1.82) is 0 Å². The number of amidine groups is 1. The van der Waals surface area contributed by atoms with Crippen molar-refractivity contribution in [3.63, 3.8) is 0 Å². The summed E-state index contributed by atoms with van der Waals surface area (Å²) < 4.78 is 0. The third-order valence-electron chi connectivity index (χ3n) is 2.95. The van der Waals surface area contributed by atoms with E-state index in [1.807, 2.05) is 48.5 Å². The molecule has 98 valence electrons. The number of hydrogen-bond acceptors (Lipinski definition) is 3. The summed E-state index contributed by atoms with van der Waals surface area (Å²) in [5.41, 5.74) is 8.80. The van der Waals surface area contributed by atoms with Gasteiger partial charge in [0.2, 0.25) is 0 Å². The molecule has 0 atom stereocenters. The average molecular weight is 280 g/mol. The Kier molecular flexibility index (Phi) is 3.39. The highest BCUT2D eigenvalue weighted by Crippen LogP contribution is 2.27. The molecular formula is C16H12N2OS. The fraction of sp³-hybridized carbons (Fsp3) is 0. The molecule has 3 nitrogen and oxygen atoms in total. The SMILES string of the molecule is NC1=NC(=O)C(=Cc2ccc(-c3ccccc3)cc2)S1. The Morgan fingerprint density at radius 1 is 0.950 bits per heavy atom. The van der Waals surface area contributed by atoms with Gasteiger partial charge in [-0.1, -0.05) is 54.6 Å². The summed E-state index contributed by atoms with van der Waals surface area (Å²) in [4.78, 5) is 15.8. The van der Waals surface area contributed by atoms with Crippen molar-refractivity contribution in [1.82, 2.24) is 0 Å². The van der Waals surface area contributed by atoms with Crippen LogP contribution in [0.25, 0.3) is 17.2 Å². The summed E-state index contributed by atoms with van der Waals surface area (Å²) in [6.45, 7) is 0. The Hall–Kier alpha value is -2.33. The molecular weight excluding hydrogens is 268 g/mol. The van der Waals surface area contributed by atoms with E-state index in [9.17, 15) is 4.79 Å². The molecule has 0 radical (unpaired) electrons. The molecule has 0 fully saturated rings. The predicted octanol–water partition coefficient (Wildman–Crippen LogP) is 3.28. The number of carbonyl (C=O) groups excluding carboxylic acids is 1. The van der Waals surface area contributed by atoms with Crippen LogP contribution < -0.4 is 5.73 Å². The zero-order valence-corrected chi connectivity index (χ0v) is 11.4. The van der Waals surface area contributed by atoms with Crippen LogP contribution in [-0.4, -0.2) is 11.1 Å². The molecule has 0 saturated carbocycles. The monoisotopic (exact) mass is 280 g/mol. The van der Waals surface area contributed by atoms with Crippen molar-refractivity contribution in [2.24, 2.45) is 10.7 Å². The minimum atomic E-state index is -0.264. The van der Waals surface area contributed by atoms with Crippen LogP contribution in [0.2, 0.25) is 0 Å². The molecule has 1 aliphatic rings. The smallest absolute Gasteiger partial charge is 0.286 e. The summed E-state index contributed by atoms with van der Waals surface area (Å²) in [5.74, 6) is -0.264. The fourth-order valence-electron chi connectivity index (χ4n) is 1.98. The van der Waals surface area contributed by atoms with E-state index >= 15 is 0 Å². The van der Waals surface area contributed by atoms with Crippen LogP contribution in [0.15, 0.2) is 64.5 Å². The normalized spacial score (nSPS) is 16.5. The second-order valence-electron chi connectivity index (χ2n) is 4.35. The Balaban J connectivity index is 1.84. The summed E-state index contributed by atoms with van der Waals surface area (Å²) in [5, 5.41) is 0.308. The van der Waals surface area contributed by atoms with Gasteiger partial charge in [-0.3, -0.25) is 4.79 Å². The summed E-state index contributed by atoms with van der Waals surface area (Å²) in [6, 6.07) is 18.2. The van der Waals surface area contributed by atoms with Crippen molar-refractivity contribution in [2.75, 3.05) is 0 Å². The largest absolute Gasteiger partial charge is 0.378 e. The van der Waals surface area contributed by atoms with Crippen LogP contribution in [0.1, 0.15) is 5.56 Å². The lowest BCUT2D eigenvalue weighted by Crippen LogP contribution is -2.01. The zero-order valence-electron chi connectivity index (χ0n) is 10.6. The van der Waals surface area contributed by atoms with E-state index in [0.717, 1.165) is 11.1 Å². The molecule has 0 bridgehead atoms. The summed E-state index contributed by atoms with van der Waals surface area (Å²) in [6.07, 6.45) is 1.81. The van der Waals surface area contributed by atoms with Crippen LogP contribution in [0.5, 0.6) is 0 Å². The Bertz CT molecular complexity index is 703. The molecule has 0 aromatic heterocycles. The number of amides is 1. The second kappa shape index (κ2) is 5.35. The van der Waals surface area contributed by atoms with Crippen molar-refractivity contribution in [3.05, 3.63) is 65.1 Å². The van der Waals surface area contributed by atoms with Crippen molar-refractivity contribution < 1.29 is 4.79 Å². The van der Waals surface area contributed by atoms with Crippen LogP contribution >= 0.6 is 11.8 Å². The van der Waals surface area contributed by atoms with Gasteiger partial charge in [-0.25, -0.2) is 0 Å². The van der Waals surface area contributed by atoms with Crippen LogP contribution in [0.4, 0.5) is 0 Å². The molecule has 1 aliphatic heterocycles. The molecule has 3 rings (SSSR count). The maximum Gasteiger partial charge on any atom is 0.286 e. The molecule has 20 heavy (non-hydrogen) atoms. The quantitative estimate of drug-likeness (QED) is 0.859. The zero-order chi connectivity index (χ0) is 13.9.